The average Bonchev–Trinajstić information content (AvgIpc) is 3.02. The second kappa shape index (κ2) is 8.43. The highest BCUT2D eigenvalue weighted by molar-refractivity contribution is 6.35. The molecule has 0 aliphatic rings. The molecule has 1 heterocycles. The van der Waals surface area contributed by atoms with Gasteiger partial charge in [-0.15, -0.1) is 12.4 Å². The van der Waals surface area contributed by atoms with Crippen LogP contribution in [0.15, 0.2) is 61.2 Å². The Balaban J connectivity index is 0.00000225. The lowest BCUT2D eigenvalue weighted by molar-refractivity contribution is 0.0186. The molecule has 3 aromatic rings. The fraction of sp³-hybridized carbons (Fsp3) is 0.167. The van der Waals surface area contributed by atoms with Crippen LogP contribution in [0.3, 0.4) is 0 Å². The van der Waals surface area contributed by atoms with Crippen molar-refractivity contribution in [2.45, 2.75) is 18.6 Å². The Labute approximate surface area is 167 Å². The number of nitrogens with zero attached hydrogens (tertiary/aromatic N) is 2. The van der Waals surface area contributed by atoms with Crippen molar-refractivity contribution in [3.05, 3.63) is 87.4 Å². The molecular weight excluding hydrogens is 402 g/mol. The standard InChI is InChI=1S/C18H15Cl3N2O.ClH/c19-14-3-1-13(2-4-14)10-18(24,11-23-8-7-22-12-23)16-6-5-15(20)9-17(16)21;/h1-9,12,24H,10-11H2;1H. The van der Waals surface area contributed by atoms with Gasteiger partial charge in [-0.2, -0.15) is 0 Å². The Morgan fingerprint density at radius 1 is 1.00 bits per heavy atom. The van der Waals surface area contributed by atoms with E-state index in [-0.39, 0.29) is 12.4 Å². The van der Waals surface area contributed by atoms with Gasteiger partial charge in [-0.1, -0.05) is 53.0 Å². The highest BCUT2D eigenvalue weighted by atomic mass is 35.5. The minimum absolute atomic E-state index is 0. The third kappa shape index (κ3) is 4.90. The molecule has 3 nitrogen and oxygen atoms in total. The van der Waals surface area contributed by atoms with E-state index < -0.39 is 5.60 Å². The van der Waals surface area contributed by atoms with Gasteiger partial charge in [0.2, 0.25) is 0 Å². The topological polar surface area (TPSA) is 38.0 Å². The Morgan fingerprint density at radius 3 is 2.28 bits per heavy atom. The van der Waals surface area contributed by atoms with E-state index in [1.807, 2.05) is 16.7 Å². The summed E-state index contributed by atoms with van der Waals surface area (Å²) in [5.74, 6) is 0. The zero-order valence-corrected chi connectivity index (χ0v) is 16.2. The van der Waals surface area contributed by atoms with E-state index in [1.165, 1.54) is 0 Å². The van der Waals surface area contributed by atoms with Crippen LogP contribution >= 0.6 is 47.2 Å². The molecule has 1 unspecified atom stereocenters. The number of hydrogen-bond acceptors (Lipinski definition) is 2. The quantitative estimate of drug-likeness (QED) is 0.603. The summed E-state index contributed by atoms with van der Waals surface area (Å²) in [5, 5.41) is 13.1. The van der Waals surface area contributed by atoms with Gasteiger partial charge in [-0.05, 0) is 29.8 Å². The maximum Gasteiger partial charge on any atom is 0.113 e. The summed E-state index contributed by atoms with van der Waals surface area (Å²) in [4.78, 5) is 4.04. The van der Waals surface area contributed by atoms with Crippen molar-refractivity contribution in [1.82, 2.24) is 9.55 Å². The van der Waals surface area contributed by atoms with Crippen LogP contribution in [0.5, 0.6) is 0 Å². The number of rotatable bonds is 5. The number of benzene rings is 2. The third-order valence-electron chi connectivity index (χ3n) is 3.85. The van der Waals surface area contributed by atoms with E-state index in [0.29, 0.717) is 33.6 Å². The zero-order valence-electron chi connectivity index (χ0n) is 13.1. The molecule has 1 atom stereocenters. The zero-order chi connectivity index (χ0) is 17.2. The highest BCUT2D eigenvalue weighted by Crippen LogP contribution is 2.34. The van der Waals surface area contributed by atoms with Gasteiger partial charge in [-0.25, -0.2) is 4.98 Å². The summed E-state index contributed by atoms with van der Waals surface area (Å²) in [6, 6.07) is 12.5. The largest absolute Gasteiger partial charge is 0.383 e. The van der Waals surface area contributed by atoms with E-state index in [2.05, 4.69) is 4.98 Å². The van der Waals surface area contributed by atoms with Crippen molar-refractivity contribution >= 4 is 47.2 Å². The molecule has 0 bridgehead atoms. The van der Waals surface area contributed by atoms with Crippen LogP contribution in [0.25, 0.3) is 0 Å². The minimum Gasteiger partial charge on any atom is -0.383 e. The maximum atomic E-state index is 11.4. The SMILES string of the molecule is Cl.OC(Cc1ccc(Cl)cc1)(Cn1ccnc1)c1ccc(Cl)cc1Cl. The second-order valence-electron chi connectivity index (χ2n) is 5.69. The molecule has 1 aromatic heterocycles. The molecule has 0 saturated carbocycles. The predicted molar refractivity (Wildman–Crippen MR) is 105 cm³/mol. The third-order valence-corrected chi connectivity index (χ3v) is 4.65. The van der Waals surface area contributed by atoms with Gasteiger partial charge in [-0.3, -0.25) is 0 Å². The van der Waals surface area contributed by atoms with Crippen LogP contribution in [0, 0.1) is 0 Å². The summed E-state index contributed by atoms with van der Waals surface area (Å²) in [6.45, 7) is 0.316. The molecule has 7 heteroatoms. The molecular formula is C18H16Cl4N2O. The first kappa shape index (κ1) is 20.1. The summed E-state index contributed by atoms with van der Waals surface area (Å²) >= 11 is 18.3. The van der Waals surface area contributed by atoms with Crippen LogP contribution in [0.4, 0.5) is 0 Å². The fourth-order valence-corrected chi connectivity index (χ4v) is 3.44. The summed E-state index contributed by atoms with van der Waals surface area (Å²) in [7, 11) is 0. The molecule has 0 spiro atoms. The molecule has 0 aliphatic carbocycles. The maximum absolute atomic E-state index is 11.4. The molecule has 0 fully saturated rings. The van der Waals surface area contributed by atoms with Crippen LogP contribution in [0.2, 0.25) is 15.1 Å². The minimum atomic E-state index is -1.21. The lowest BCUT2D eigenvalue weighted by Crippen LogP contribution is -2.34. The van der Waals surface area contributed by atoms with Gasteiger partial charge in [0.25, 0.3) is 0 Å². The lowest BCUT2D eigenvalue weighted by atomic mass is 9.87. The first-order valence-electron chi connectivity index (χ1n) is 7.34. The fourth-order valence-electron chi connectivity index (χ4n) is 2.73. The average molecular weight is 418 g/mol. The normalized spacial score (nSPS) is 13.1. The smallest absolute Gasteiger partial charge is 0.113 e. The monoisotopic (exact) mass is 416 g/mol. The van der Waals surface area contributed by atoms with Crippen molar-refractivity contribution in [2.24, 2.45) is 0 Å². The Morgan fingerprint density at radius 2 is 1.68 bits per heavy atom. The van der Waals surface area contributed by atoms with Crippen LogP contribution < -0.4 is 0 Å². The molecule has 1 N–H and O–H groups in total. The van der Waals surface area contributed by atoms with Gasteiger partial charge in [0.05, 0.1) is 12.9 Å². The molecule has 0 amide bonds. The summed E-state index contributed by atoms with van der Waals surface area (Å²) in [6.07, 6.45) is 5.52. The first-order chi connectivity index (χ1) is 11.5. The van der Waals surface area contributed by atoms with E-state index in [1.54, 1.807) is 49.1 Å². The lowest BCUT2D eigenvalue weighted by Gasteiger charge is -2.30. The van der Waals surface area contributed by atoms with E-state index >= 15 is 0 Å². The Kier molecular flexibility index (Phi) is 6.78. The Hall–Kier alpha value is -1.23. The van der Waals surface area contributed by atoms with Gasteiger partial charge in [0.15, 0.2) is 0 Å². The van der Waals surface area contributed by atoms with Crippen molar-refractivity contribution in [1.29, 1.82) is 0 Å². The van der Waals surface area contributed by atoms with E-state index in [9.17, 15) is 5.11 Å². The van der Waals surface area contributed by atoms with Gasteiger partial charge < -0.3 is 9.67 Å². The predicted octanol–water partition coefficient (Wildman–Crippen LogP) is 5.40. The number of aromatic nitrogens is 2. The van der Waals surface area contributed by atoms with Crippen LogP contribution in [-0.4, -0.2) is 14.7 Å². The number of aliphatic hydroxyl groups is 1. The molecule has 0 radical (unpaired) electrons. The van der Waals surface area contributed by atoms with Crippen molar-refractivity contribution in [3.63, 3.8) is 0 Å². The molecule has 2 aromatic carbocycles. The summed E-state index contributed by atoms with van der Waals surface area (Å²) in [5.41, 5.74) is 0.362. The van der Waals surface area contributed by atoms with Gasteiger partial charge in [0, 0.05) is 39.4 Å². The molecule has 3 rings (SSSR count). The van der Waals surface area contributed by atoms with Crippen LogP contribution in [0.1, 0.15) is 11.1 Å². The molecule has 0 aliphatic heterocycles. The molecule has 0 saturated heterocycles. The van der Waals surface area contributed by atoms with Gasteiger partial charge in [0.1, 0.15) is 5.60 Å². The molecule has 25 heavy (non-hydrogen) atoms. The Bertz CT molecular complexity index is 822. The summed E-state index contributed by atoms with van der Waals surface area (Å²) < 4.78 is 1.82. The van der Waals surface area contributed by atoms with Crippen molar-refractivity contribution in [3.8, 4) is 0 Å². The molecule has 132 valence electrons. The van der Waals surface area contributed by atoms with Crippen LogP contribution in [-0.2, 0) is 18.6 Å². The second-order valence-corrected chi connectivity index (χ2v) is 6.97. The van der Waals surface area contributed by atoms with Crippen molar-refractivity contribution < 1.29 is 5.11 Å². The number of imidazole rings is 1. The number of halogens is 4. The van der Waals surface area contributed by atoms with E-state index in [0.717, 1.165) is 5.56 Å². The van der Waals surface area contributed by atoms with Gasteiger partial charge >= 0.3 is 0 Å². The highest BCUT2D eigenvalue weighted by Gasteiger charge is 2.32. The van der Waals surface area contributed by atoms with E-state index in [4.69, 9.17) is 34.8 Å². The number of hydrogen-bond donors (Lipinski definition) is 1. The van der Waals surface area contributed by atoms with Crippen molar-refractivity contribution in [2.75, 3.05) is 0 Å². The first-order valence-corrected chi connectivity index (χ1v) is 8.48.